The molecule has 0 saturated heterocycles. The van der Waals surface area contributed by atoms with E-state index in [-0.39, 0.29) is 5.91 Å². The Morgan fingerprint density at radius 3 is 2.17 bits per heavy atom. The van der Waals surface area contributed by atoms with Gasteiger partial charge in [-0.1, -0.05) is 24.3 Å². The van der Waals surface area contributed by atoms with Gasteiger partial charge in [0.1, 0.15) is 0 Å². The third-order valence-electron chi connectivity index (χ3n) is 3.48. The fourth-order valence-electron chi connectivity index (χ4n) is 2.41. The summed E-state index contributed by atoms with van der Waals surface area (Å²) in [6.07, 6.45) is 3.17. The van der Waals surface area contributed by atoms with E-state index in [1.807, 2.05) is 36.4 Å². The van der Waals surface area contributed by atoms with Gasteiger partial charge < -0.3 is 19.5 Å². The number of carbonyl (C=O) groups excluding carboxylic acids is 1. The van der Waals surface area contributed by atoms with E-state index >= 15 is 0 Å². The van der Waals surface area contributed by atoms with Gasteiger partial charge in [-0.3, -0.25) is 4.79 Å². The topological polar surface area (TPSA) is 56.8 Å². The maximum absolute atomic E-state index is 11.9. The maximum atomic E-state index is 11.9. The second kappa shape index (κ2) is 8.06. The average Bonchev–Trinajstić information content (AvgIpc) is 2.61. The number of amides is 1. The SMILES string of the molecule is CC=CC(=O)Nc1ccccc1-c1cc(OC)c(OC)c(OC)c1. The van der Waals surface area contributed by atoms with Crippen LogP contribution in [0.3, 0.4) is 0 Å². The van der Waals surface area contributed by atoms with Crippen LogP contribution >= 0.6 is 0 Å². The molecule has 2 rings (SSSR count). The molecule has 0 atom stereocenters. The number of rotatable bonds is 6. The maximum Gasteiger partial charge on any atom is 0.248 e. The van der Waals surface area contributed by atoms with Crippen LogP contribution in [-0.4, -0.2) is 27.2 Å². The van der Waals surface area contributed by atoms with E-state index in [0.29, 0.717) is 22.9 Å². The molecule has 2 aromatic carbocycles. The number of hydrogen-bond donors (Lipinski definition) is 1. The van der Waals surface area contributed by atoms with Crippen LogP contribution in [0, 0.1) is 0 Å². The molecule has 0 aliphatic heterocycles. The number of ether oxygens (including phenoxy) is 3. The van der Waals surface area contributed by atoms with Crippen LogP contribution in [0.25, 0.3) is 11.1 Å². The Morgan fingerprint density at radius 1 is 1.00 bits per heavy atom. The van der Waals surface area contributed by atoms with Crippen LogP contribution in [0.4, 0.5) is 5.69 Å². The Bertz CT molecular complexity index is 728. The Morgan fingerprint density at radius 2 is 1.62 bits per heavy atom. The number of benzene rings is 2. The fraction of sp³-hybridized carbons (Fsp3) is 0.211. The van der Waals surface area contributed by atoms with Crippen molar-refractivity contribution in [1.29, 1.82) is 0 Å². The smallest absolute Gasteiger partial charge is 0.248 e. The van der Waals surface area contributed by atoms with Gasteiger partial charge in [0.05, 0.1) is 21.3 Å². The van der Waals surface area contributed by atoms with Crippen molar-refractivity contribution in [1.82, 2.24) is 0 Å². The van der Waals surface area contributed by atoms with Crippen LogP contribution in [0.2, 0.25) is 0 Å². The number of hydrogen-bond acceptors (Lipinski definition) is 4. The molecule has 0 spiro atoms. The van der Waals surface area contributed by atoms with Crippen molar-refractivity contribution in [3.63, 3.8) is 0 Å². The molecule has 0 unspecified atom stereocenters. The lowest BCUT2D eigenvalue weighted by atomic mass is 10.0. The van der Waals surface area contributed by atoms with Crippen molar-refractivity contribution in [3.05, 3.63) is 48.6 Å². The molecular weight excluding hydrogens is 306 g/mol. The van der Waals surface area contributed by atoms with Crippen molar-refractivity contribution in [2.75, 3.05) is 26.6 Å². The summed E-state index contributed by atoms with van der Waals surface area (Å²) in [7, 11) is 4.70. The van der Waals surface area contributed by atoms with Crippen molar-refractivity contribution in [2.45, 2.75) is 6.92 Å². The van der Waals surface area contributed by atoms with Crippen LogP contribution in [-0.2, 0) is 4.79 Å². The summed E-state index contributed by atoms with van der Waals surface area (Å²) in [6.45, 7) is 1.80. The normalized spacial score (nSPS) is 10.5. The first-order valence-corrected chi connectivity index (χ1v) is 7.47. The average molecular weight is 327 g/mol. The second-order valence-electron chi connectivity index (χ2n) is 4.95. The molecule has 1 amide bonds. The number of para-hydroxylation sites is 1. The van der Waals surface area contributed by atoms with Crippen molar-refractivity contribution < 1.29 is 19.0 Å². The number of allylic oxidation sites excluding steroid dienone is 1. The van der Waals surface area contributed by atoms with Crippen LogP contribution in [0.15, 0.2) is 48.6 Å². The van der Waals surface area contributed by atoms with E-state index in [2.05, 4.69) is 5.32 Å². The summed E-state index contributed by atoms with van der Waals surface area (Å²) in [5.74, 6) is 1.46. The monoisotopic (exact) mass is 327 g/mol. The molecule has 5 heteroatoms. The molecule has 1 N–H and O–H groups in total. The molecule has 0 aliphatic carbocycles. The molecule has 2 aromatic rings. The molecule has 5 nitrogen and oxygen atoms in total. The highest BCUT2D eigenvalue weighted by atomic mass is 16.5. The highest BCUT2D eigenvalue weighted by molar-refractivity contribution is 6.02. The molecule has 0 bridgehead atoms. The highest BCUT2D eigenvalue weighted by Gasteiger charge is 2.16. The number of carbonyl (C=O) groups is 1. The van der Waals surface area contributed by atoms with Crippen LogP contribution < -0.4 is 19.5 Å². The lowest BCUT2D eigenvalue weighted by Gasteiger charge is -2.16. The van der Waals surface area contributed by atoms with E-state index in [1.54, 1.807) is 34.3 Å². The van der Waals surface area contributed by atoms with Gasteiger partial charge in [-0.2, -0.15) is 0 Å². The molecule has 0 saturated carbocycles. The number of methoxy groups -OCH3 is 3. The fourth-order valence-corrected chi connectivity index (χ4v) is 2.41. The minimum atomic E-state index is -0.183. The zero-order chi connectivity index (χ0) is 17.5. The van der Waals surface area contributed by atoms with Crippen molar-refractivity contribution >= 4 is 11.6 Å². The van der Waals surface area contributed by atoms with Crippen LogP contribution in [0.5, 0.6) is 17.2 Å². The lowest BCUT2D eigenvalue weighted by Crippen LogP contribution is -2.08. The van der Waals surface area contributed by atoms with E-state index < -0.39 is 0 Å². The number of anilines is 1. The van der Waals surface area contributed by atoms with Gasteiger partial charge >= 0.3 is 0 Å². The first-order chi connectivity index (χ1) is 11.6. The van der Waals surface area contributed by atoms with Crippen molar-refractivity contribution in [3.8, 4) is 28.4 Å². The summed E-state index contributed by atoms with van der Waals surface area (Å²) < 4.78 is 16.1. The van der Waals surface area contributed by atoms with Gasteiger partial charge in [-0.05, 0) is 36.8 Å². The predicted octanol–water partition coefficient (Wildman–Crippen LogP) is 3.89. The van der Waals surface area contributed by atoms with Gasteiger partial charge in [-0.25, -0.2) is 0 Å². The standard InChI is InChI=1S/C19H21NO4/c1-5-8-18(21)20-15-10-7-6-9-14(15)13-11-16(22-2)19(24-4)17(12-13)23-3/h5-12H,1-4H3,(H,20,21). The molecule has 0 fully saturated rings. The summed E-state index contributed by atoms with van der Waals surface area (Å²) >= 11 is 0. The molecule has 126 valence electrons. The van der Waals surface area contributed by atoms with Crippen LogP contribution in [0.1, 0.15) is 6.92 Å². The number of nitrogens with one attached hydrogen (secondary N) is 1. The third-order valence-corrected chi connectivity index (χ3v) is 3.48. The van der Waals surface area contributed by atoms with E-state index in [0.717, 1.165) is 11.1 Å². The second-order valence-corrected chi connectivity index (χ2v) is 4.95. The Labute approximate surface area is 141 Å². The molecule has 0 aromatic heterocycles. The first kappa shape index (κ1) is 17.4. The third kappa shape index (κ3) is 3.68. The van der Waals surface area contributed by atoms with Gasteiger partial charge in [-0.15, -0.1) is 0 Å². The quantitative estimate of drug-likeness (QED) is 0.818. The van der Waals surface area contributed by atoms with E-state index in [1.165, 1.54) is 6.08 Å². The molecular formula is C19H21NO4. The Hall–Kier alpha value is -2.95. The molecule has 24 heavy (non-hydrogen) atoms. The minimum Gasteiger partial charge on any atom is -0.493 e. The Balaban J connectivity index is 2.54. The van der Waals surface area contributed by atoms with Gasteiger partial charge in [0.15, 0.2) is 11.5 Å². The first-order valence-electron chi connectivity index (χ1n) is 7.47. The zero-order valence-corrected chi connectivity index (χ0v) is 14.3. The van der Waals surface area contributed by atoms with Crippen molar-refractivity contribution in [2.24, 2.45) is 0 Å². The zero-order valence-electron chi connectivity index (χ0n) is 14.3. The predicted molar refractivity (Wildman–Crippen MR) is 95.0 cm³/mol. The molecule has 0 heterocycles. The largest absolute Gasteiger partial charge is 0.493 e. The van der Waals surface area contributed by atoms with E-state index in [4.69, 9.17) is 14.2 Å². The summed E-state index contributed by atoms with van der Waals surface area (Å²) in [6, 6.07) is 11.2. The minimum absolute atomic E-state index is 0.183. The molecule has 0 radical (unpaired) electrons. The summed E-state index contributed by atoms with van der Waals surface area (Å²) in [5, 5.41) is 2.87. The van der Waals surface area contributed by atoms with Gasteiger partial charge in [0.25, 0.3) is 0 Å². The summed E-state index contributed by atoms with van der Waals surface area (Å²) in [5.41, 5.74) is 2.41. The molecule has 0 aliphatic rings. The van der Waals surface area contributed by atoms with E-state index in [9.17, 15) is 4.79 Å². The summed E-state index contributed by atoms with van der Waals surface area (Å²) in [4.78, 5) is 11.9. The van der Waals surface area contributed by atoms with Gasteiger partial charge in [0, 0.05) is 11.3 Å². The lowest BCUT2D eigenvalue weighted by molar-refractivity contribution is -0.111. The highest BCUT2D eigenvalue weighted by Crippen LogP contribution is 2.42. The Kier molecular flexibility index (Phi) is 5.84. The van der Waals surface area contributed by atoms with Gasteiger partial charge in [0.2, 0.25) is 11.7 Å².